The van der Waals surface area contributed by atoms with Crippen LogP contribution in [0.5, 0.6) is 0 Å². The van der Waals surface area contributed by atoms with E-state index in [-0.39, 0.29) is 5.56 Å². The van der Waals surface area contributed by atoms with Crippen molar-refractivity contribution in [1.29, 1.82) is 0 Å². The zero-order valence-electron chi connectivity index (χ0n) is 14.8. The molecule has 1 aliphatic heterocycles. The van der Waals surface area contributed by atoms with Crippen molar-refractivity contribution in [2.24, 2.45) is 7.05 Å². The standard InChI is InChI=1S/C18H24N4O3/c1-13-15(11-21-10-9-19(2)16(12-21)18(24)25)17(23)22(20(13)3)14-7-5-4-6-8-14/h4-8,16H,9-12H2,1-3H3,(H,24,25)/t16-/m1/s1. The zero-order valence-corrected chi connectivity index (χ0v) is 14.8. The van der Waals surface area contributed by atoms with Gasteiger partial charge in [-0.1, -0.05) is 18.2 Å². The molecule has 25 heavy (non-hydrogen) atoms. The van der Waals surface area contributed by atoms with E-state index in [1.54, 1.807) is 4.68 Å². The maximum Gasteiger partial charge on any atom is 0.322 e. The molecule has 1 aromatic heterocycles. The van der Waals surface area contributed by atoms with Crippen molar-refractivity contribution in [3.05, 3.63) is 51.9 Å². The Balaban J connectivity index is 1.89. The van der Waals surface area contributed by atoms with Crippen molar-refractivity contribution in [3.63, 3.8) is 0 Å². The second-order valence-electron chi connectivity index (χ2n) is 6.61. The van der Waals surface area contributed by atoms with Gasteiger partial charge in [0, 0.05) is 38.9 Å². The van der Waals surface area contributed by atoms with Gasteiger partial charge in [0.1, 0.15) is 6.04 Å². The third-order valence-corrected chi connectivity index (χ3v) is 5.07. The van der Waals surface area contributed by atoms with E-state index in [9.17, 15) is 14.7 Å². The Morgan fingerprint density at radius 1 is 1.20 bits per heavy atom. The summed E-state index contributed by atoms with van der Waals surface area (Å²) >= 11 is 0. The topological polar surface area (TPSA) is 70.7 Å². The van der Waals surface area contributed by atoms with Gasteiger partial charge in [0.15, 0.2) is 0 Å². The molecule has 7 heteroatoms. The maximum absolute atomic E-state index is 13.0. The number of para-hydroxylation sites is 1. The van der Waals surface area contributed by atoms with Crippen LogP contribution in [0.15, 0.2) is 35.1 Å². The number of nitrogens with zero attached hydrogens (tertiary/aromatic N) is 4. The average molecular weight is 344 g/mol. The number of aromatic nitrogens is 2. The minimum absolute atomic E-state index is 0.0444. The Hall–Kier alpha value is -2.38. The summed E-state index contributed by atoms with van der Waals surface area (Å²) in [7, 11) is 3.70. The fourth-order valence-electron chi connectivity index (χ4n) is 3.37. The minimum atomic E-state index is -0.821. The number of hydrogen-bond donors (Lipinski definition) is 1. The van der Waals surface area contributed by atoms with Gasteiger partial charge in [-0.05, 0) is 26.1 Å². The highest BCUT2D eigenvalue weighted by molar-refractivity contribution is 5.73. The largest absolute Gasteiger partial charge is 0.480 e. The Kier molecular flexibility index (Phi) is 4.78. The van der Waals surface area contributed by atoms with Gasteiger partial charge in [-0.25, -0.2) is 4.68 Å². The van der Waals surface area contributed by atoms with Crippen LogP contribution in [0.2, 0.25) is 0 Å². The zero-order chi connectivity index (χ0) is 18.1. The van der Waals surface area contributed by atoms with Crippen molar-refractivity contribution in [2.45, 2.75) is 19.5 Å². The number of hydrogen-bond acceptors (Lipinski definition) is 4. The molecule has 134 valence electrons. The number of rotatable bonds is 4. The van der Waals surface area contributed by atoms with Crippen LogP contribution in [0.25, 0.3) is 5.69 Å². The lowest BCUT2D eigenvalue weighted by atomic mass is 10.1. The van der Waals surface area contributed by atoms with Gasteiger partial charge >= 0.3 is 5.97 Å². The maximum atomic E-state index is 13.0. The highest BCUT2D eigenvalue weighted by Crippen LogP contribution is 2.15. The lowest BCUT2D eigenvalue weighted by Gasteiger charge is -2.36. The molecule has 0 amide bonds. The van der Waals surface area contributed by atoms with Crippen molar-refractivity contribution in [3.8, 4) is 5.69 Å². The van der Waals surface area contributed by atoms with Crippen molar-refractivity contribution < 1.29 is 9.90 Å². The Bertz CT molecular complexity index is 825. The normalized spacial score (nSPS) is 19.2. The van der Waals surface area contributed by atoms with Crippen LogP contribution in [0.1, 0.15) is 11.3 Å². The van der Waals surface area contributed by atoms with Gasteiger partial charge in [-0.15, -0.1) is 0 Å². The summed E-state index contributed by atoms with van der Waals surface area (Å²) in [5.41, 5.74) is 2.41. The van der Waals surface area contributed by atoms with Gasteiger partial charge in [-0.2, -0.15) is 0 Å². The van der Waals surface area contributed by atoms with Gasteiger partial charge in [0.05, 0.1) is 11.3 Å². The predicted molar refractivity (Wildman–Crippen MR) is 95.1 cm³/mol. The van der Waals surface area contributed by atoms with Gasteiger partial charge in [-0.3, -0.25) is 24.1 Å². The molecular formula is C18H24N4O3. The molecule has 0 spiro atoms. The molecule has 0 saturated carbocycles. The van der Waals surface area contributed by atoms with Crippen LogP contribution in [-0.2, 0) is 18.4 Å². The number of carboxylic acid groups (broad SMARTS) is 1. The highest BCUT2D eigenvalue weighted by Gasteiger charge is 2.30. The number of likely N-dealkylation sites (N-methyl/N-ethyl adjacent to an activating group) is 1. The smallest absolute Gasteiger partial charge is 0.322 e. The monoisotopic (exact) mass is 344 g/mol. The number of piperazine rings is 1. The van der Waals surface area contributed by atoms with E-state index in [0.29, 0.717) is 19.6 Å². The van der Waals surface area contributed by atoms with E-state index < -0.39 is 12.0 Å². The average Bonchev–Trinajstić information content (AvgIpc) is 2.80. The molecule has 7 nitrogen and oxygen atoms in total. The summed E-state index contributed by atoms with van der Waals surface area (Å²) in [6.07, 6.45) is 0. The van der Waals surface area contributed by atoms with Gasteiger partial charge < -0.3 is 5.11 Å². The van der Waals surface area contributed by atoms with E-state index in [0.717, 1.165) is 23.5 Å². The van der Waals surface area contributed by atoms with E-state index in [1.807, 2.05) is 60.9 Å². The van der Waals surface area contributed by atoms with Crippen molar-refractivity contribution in [1.82, 2.24) is 19.2 Å². The second-order valence-corrected chi connectivity index (χ2v) is 6.61. The Labute approximate surface area is 146 Å². The molecule has 0 aliphatic carbocycles. The molecule has 0 unspecified atom stereocenters. The Morgan fingerprint density at radius 3 is 2.52 bits per heavy atom. The molecule has 1 aliphatic rings. The molecule has 0 radical (unpaired) electrons. The van der Waals surface area contributed by atoms with Crippen LogP contribution in [0.3, 0.4) is 0 Å². The molecule has 1 aromatic carbocycles. The van der Waals surface area contributed by atoms with Crippen LogP contribution >= 0.6 is 0 Å². The van der Waals surface area contributed by atoms with Crippen LogP contribution in [0, 0.1) is 6.92 Å². The molecule has 2 heterocycles. The molecule has 1 fully saturated rings. The van der Waals surface area contributed by atoms with E-state index in [4.69, 9.17) is 0 Å². The predicted octanol–water partition coefficient (Wildman–Crippen LogP) is 0.685. The fraction of sp³-hybridized carbons (Fsp3) is 0.444. The summed E-state index contributed by atoms with van der Waals surface area (Å²) < 4.78 is 3.52. The first kappa shape index (κ1) is 17.4. The first-order chi connectivity index (χ1) is 11.9. The molecule has 0 bridgehead atoms. The van der Waals surface area contributed by atoms with E-state index >= 15 is 0 Å². The Morgan fingerprint density at radius 2 is 1.88 bits per heavy atom. The third kappa shape index (κ3) is 3.25. The third-order valence-electron chi connectivity index (χ3n) is 5.07. The van der Waals surface area contributed by atoms with Crippen LogP contribution < -0.4 is 5.56 Å². The lowest BCUT2D eigenvalue weighted by molar-refractivity contribution is -0.145. The molecular weight excluding hydrogens is 320 g/mol. The molecule has 1 N–H and O–H groups in total. The minimum Gasteiger partial charge on any atom is -0.480 e. The summed E-state index contributed by atoms with van der Waals surface area (Å²) in [5.74, 6) is -0.821. The quantitative estimate of drug-likeness (QED) is 0.883. The molecule has 1 saturated heterocycles. The molecule has 2 aromatic rings. The first-order valence-corrected chi connectivity index (χ1v) is 8.38. The summed E-state index contributed by atoms with van der Waals surface area (Å²) in [4.78, 5) is 28.3. The lowest BCUT2D eigenvalue weighted by Crippen LogP contribution is -2.54. The van der Waals surface area contributed by atoms with Gasteiger partial charge in [0.2, 0.25) is 0 Å². The summed E-state index contributed by atoms with van der Waals surface area (Å²) in [6, 6.07) is 9.00. The van der Waals surface area contributed by atoms with E-state index in [2.05, 4.69) is 4.90 Å². The second kappa shape index (κ2) is 6.85. The number of aliphatic carboxylic acids is 1. The van der Waals surface area contributed by atoms with Gasteiger partial charge in [0.25, 0.3) is 5.56 Å². The number of carboxylic acids is 1. The fourth-order valence-corrected chi connectivity index (χ4v) is 3.37. The molecule has 3 rings (SSSR count). The van der Waals surface area contributed by atoms with Crippen LogP contribution in [0.4, 0.5) is 0 Å². The summed E-state index contributed by atoms with van der Waals surface area (Å²) in [5, 5.41) is 9.36. The molecule has 1 atom stereocenters. The summed E-state index contributed by atoms with van der Waals surface area (Å²) in [6.45, 7) is 4.25. The SMILES string of the molecule is Cc1c(CN2CCN(C)[C@@H](C(=O)O)C2)c(=O)n(-c2ccccc2)n1C. The first-order valence-electron chi connectivity index (χ1n) is 8.38. The number of benzene rings is 1. The van der Waals surface area contributed by atoms with Crippen LogP contribution in [-0.4, -0.2) is 63.0 Å². The van der Waals surface area contributed by atoms with E-state index in [1.165, 1.54) is 0 Å². The van der Waals surface area contributed by atoms with Crippen molar-refractivity contribution in [2.75, 3.05) is 26.7 Å². The highest BCUT2D eigenvalue weighted by atomic mass is 16.4. The number of carbonyl (C=O) groups is 1. The van der Waals surface area contributed by atoms with Crippen molar-refractivity contribution >= 4 is 5.97 Å².